The fourth-order valence-electron chi connectivity index (χ4n) is 1.84. The van der Waals surface area contributed by atoms with E-state index in [1.54, 1.807) is 34.6 Å². The zero-order valence-electron chi connectivity index (χ0n) is 11.5. The van der Waals surface area contributed by atoms with Gasteiger partial charge in [-0.15, -0.1) is 0 Å². The van der Waals surface area contributed by atoms with Gasteiger partial charge in [-0.25, -0.2) is 13.1 Å². The molecule has 0 fully saturated rings. The van der Waals surface area contributed by atoms with Crippen molar-refractivity contribution in [3.8, 4) is 0 Å². The molecule has 0 aliphatic rings. The second-order valence-electron chi connectivity index (χ2n) is 5.30. The third kappa shape index (κ3) is 3.30. The van der Waals surface area contributed by atoms with Crippen molar-refractivity contribution in [1.29, 1.82) is 0 Å². The Bertz CT molecular complexity index is 526. The van der Waals surface area contributed by atoms with E-state index in [9.17, 15) is 8.42 Å². The van der Waals surface area contributed by atoms with Gasteiger partial charge in [0.1, 0.15) is 4.90 Å². The maximum atomic E-state index is 12.3. The van der Waals surface area contributed by atoms with Crippen LogP contribution in [0.4, 0.5) is 0 Å². The zero-order chi connectivity index (χ0) is 14.1. The van der Waals surface area contributed by atoms with Crippen molar-refractivity contribution in [2.24, 2.45) is 0 Å². The summed E-state index contributed by atoms with van der Waals surface area (Å²) in [5, 5.41) is 13.0. The number of sulfonamides is 1. The summed E-state index contributed by atoms with van der Waals surface area (Å²) in [5.41, 5.74) is 0.438. The molecule has 0 saturated carbocycles. The molecule has 0 unspecified atom stereocenters. The molecular formula is C11H21N3O3S. The average molecular weight is 275 g/mol. The number of aliphatic hydroxyl groups excluding tert-OH is 1. The molecule has 1 aromatic rings. The zero-order valence-corrected chi connectivity index (χ0v) is 12.3. The first-order chi connectivity index (χ1) is 8.08. The summed E-state index contributed by atoms with van der Waals surface area (Å²) in [6.45, 7) is 8.91. The number of aryl methyl sites for hydroxylation is 1. The Kier molecular flexibility index (Phi) is 4.19. The molecule has 18 heavy (non-hydrogen) atoms. The van der Waals surface area contributed by atoms with Gasteiger partial charge in [-0.05, 0) is 34.6 Å². The van der Waals surface area contributed by atoms with Crippen LogP contribution < -0.4 is 4.72 Å². The molecule has 6 nitrogen and oxygen atoms in total. The molecule has 0 radical (unpaired) electrons. The maximum absolute atomic E-state index is 12.3. The predicted octanol–water partition coefficient (Wildman–Crippen LogP) is 0.569. The van der Waals surface area contributed by atoms with Crippen molar-refractivity contribution < 1.29 is 13.5 Å². The number of rotatable bonds is 4. The van der Waals surface area contributed by atoms with Gasteiger partial charge in [-0.2, -0.15) is 5.10 Å². The van der Waals surface area contributed by atoms with E-state index in [0.29, 0.717) is 11.4 Å². The fraction of sp³-hybridized carbons (Fsp3) is 0.727. The van der Waals surface area contributed by atoms with Crippen LogP contribution in [0.5, 0.6) is 0 Å². The highest BCUT2D eigenvalue weighted by Crippen LogP contribution is 2.20. The average Bonchev–Trinajstić information content (AvgIpc) is 2.38. The molecule has 0 amide bonds. The number of aliphatic hydroxyl groups is 1. The van der Waals surface area contributed by atoms with E-state index in [4.69, 9.17) is 5.11 Å². The van der Waals surface area contributed by atoms with Crippen LogP contribution in [-0.4, -0.2) is 35.5 Å². The van der Waals surface area contributed by atoms with Gasteiger partial charge in [0.2, 0.25) is 10.0 Å². The smallest absolute Gasteiger partial charge is 0.244 e. The van der Waals surface area contributed by atoms with E-state index >= 15 is 0 Å². The molecule has 0 aromatic carbocycles. The second-order valence-corrected chi connectivity index (χ2v) is 6.92. The van der Waals surface area contributed by atoms with Crippen molar-refractivity contribution in [3.05, 3.63) is 11.4 Å². The number of hydrogen-bond acceptors (Lipinski definition) is 4. The second kappa shape index (κ2) is 4.99. The summed E-state index contributed by atoms with van der Waals surface area (Å²) in [6.07, 6.45) is 0. The van der Waals surface area contributed by atoms with Crippen LogP contribution in [0.25, 0.3) is 0 Å². The molecule has 1 rings (SSSR count). The van der Waals surface area contributed by atoms with Crippen LogP contribution in [0.1, 0.15) is 32.2 Å². The number of aromatic nitrogens is 2. The number of hydrogen-bond donors (Lipinski definition) is 2. The van der Waals surface area contributed by atoms with Crippen molar-refractivity contribution in [2.45, 2.75) is 51.6 Å². The quantitative estimate of drug-likeness (QED) is 0.841. The highest BCUT2D eigenvalue weighted by atomic mass is 32.2. The van der Waals surface area contributed by atoms with Crippen molar-refractivity contribution in [3.63, 3.8) is 0 Å². The molecule has 1 aromatic heterocycles. The van der Waals surface area contributed by atoms with Gasteiger partial charge < -0.3 is 5.11 Å². The summed E-state index contributed by atoms with van der Waals surface area (Å²) >= 11 is 0. The van der Waals surface area contributed by atoms with E-state index in [1.807, 2.05) is 0 Å². The number of nitrogens with zero attached hydrogens (tertiary/aromatic N) is 2. The maximum Gasteiger partial charge on any atom is 0.244 e. The highest BCUT2D eigenvalue weighted by molar-refractivity contribution is 7.89. The summed E-state index contributed by atoms with van der Waals surface area (Å²) in [6, 6.07) is 0. The van der Waals surface area contributed by atoms with E-state index in [2.05, 4.69) is 9.82 Å². The molecule has 7 heteroatoms. The lowest BCUT2D eigenvalue weighted by Crippen LogP contribution is -2.40. The van der Waals surface area contributed by atoms with Gasteiger partial charge in [-0.1, -0.05) is 0 Å². The van der Waals surface area contributed by atoms with Crippen molar-refractivity contribution >= 4 is 10.0 Å². The minimum atomic E-state index is -3.59. The summed E-state index contributed by atoms with van der Waals surface area (Å²) in [7, 11) is -3.59. The largest absolute Gasteiger partial charge is 0.394 e. The standard InChI is InChI=1S/C11H21N3O3S/c1-8-10(9(2)14(12-8)6-7-15)18(16,17)13-11(3,4)5/h13,15H,6-7H2,1-5H3. The van der Waals surface area contributed by atoms with Crippen LogP contribution in [0.15, 0.2) is 4.90 Å². The van der Waals surface area contributed by atoms with Crippen LogP contribution in [0.2, 0.25) is 0 Å². The first kappa shape index (κ1) is 15.1. The monoisotopic (exact) mass is 275 g/mol. The van der Waals surface area contributed by atoms with Crippen molar-refractivity contribution in [1.82, 2.24) is 14.5 Å². The summed E-state index contributed by atoms with van der Waals surface area (Å²) in [5.74, 6) is 0. The fourth-order valence-corrected chi connectivity index (χ4v) is 3.67. The lowest BCUT2D eigenvalue weighted by molar-refractivity contribution is 0.267. The molecule has 104 valence electrons. The Morgan fingerprint density at radius 2 is 1.89 bits per heavy atom. The first-order valence-electron chi connectivity index (χ1n) is 5.77. The molecule has 0 saturated heterocycles. The third-order valence-corrected chi connectivity index (χ3v) is 4.35. The van der Waals surface area contributed by atoms with Gasteiger partial charge in [0.25, 0.3) is 0 Å². The molecule has 0 spiro atoms. The number of nitrogens with one attached hydrogen (secondary N) is 1. The summed E-state index contributed by atoms with van der Waals surface area (Å²) < 4.78 is 28.7. The van der Waals surface area contributed by atoms with Crippen LogP contribution in [0.3, 0.4) is 0 Å². The van der Waals surface area contributed by atoms with Gasteiger partial charge in [0, 0.05) is 5.54 Å². The molecule has 1 heterocycles. The topological polar surface area (TPSA) is 84.2 Å². The Morgan fingerprint density at radius 3 is 2.33 bits per heavy atom. The predicted molar refractivity (Wildman–Crippen MR) is 68.9 cm³/mol. The Hall–Kier alpha value is -0.920. The van der Waals surface area contributed by atoms with E-state index in [-0.39, 0.29) is 18.0 Å². The Labute approximate surface area is 108 Å². The SMILES string of the molecule is Cc1nn(CCO)c(C)c1S(=O)(=O)NC(C)(C)C. The Balaban J connectivity index is 3.25. The lowest BCUT2D eigenvalue weighted by atomic mass is 10.1. The lowest BCUT2D eigenvalue weighted by Gasteiger charge is -2.20. The minimum Gasteiger partial charge on any atom is -0.394 e. The van der Waals surface area contributed by atoms with E-state index in [0.717, 1.165) is 0 Å². The van der Waals surface area contributed by atoms with Gasteiger partial charge in [-0.3, -0.25) is 4.68 Å². The van der Waals surface area contributed by atoms with Crippen LogP contribution in [-0.2, 0) is 16.6 Å². The first-order valence-corrected chi connectivity index (χ1v) is 7.25. The molecular weight excluding hydrogens is 254 g/mol. The third-order valence-electron chi connectivity index (χ3n) is 2.34. The normalized spacial score (nSPS) is 13.0. The minimum absolute atomic E-state index is 0.0753. The molecule has 0 aliphatic carbocycles. The summed E-state index contributed by atoms with van der Waals surface area (Å²) in [4.78, 5) is 0.200. The van der Waals surface area contributed by atoms with Crippen molar-refractivity contribution in [2.75, 3.05) is 6.61 Å². The van der Waals surface area contributed by atoms with Gasteiger partial charge in [0.05, 0.1) is 24.5 Å². The van der Waals surface area contributed by atoms with Crippen LogP contribution in [0, 0.1) is 13.8 Å². The van der Waals surface area contributed by atoms with Crippen LogP contribution >= 0.6 is 0 Å². The van der Waals surface area contributed by atoms with Gasteiger partial charge in [0.15, 0.2) is 0 Å². The Morgan fingerprint density at radius 1 is 1.33 bits per heavy atom. The van der Waals surface area contributed by atoms with E-state index in [1.165, 1.54) is 4.68 Å². The molecule has 0 atom stereocenters. The molecule has 0 aliphatic heterocycles. The molecule has 0 bridgehead atoms. The highest BCUT2D eigenvalue weighted by Gasteiger charge is 2.28. The van der Waals surface area contributed by atoms with E-state index < -0.39 is 15.6 Å². The molecule has 2 N–H and O–H groups in total. The van der Waals surface area contributed by atoms with Gasteiger partial charge >= 0.3 is 0 Å².